The van der Waals surface area contributed by atoms with Crippen molar-refractivity contribution in [1.82, 2.24) is 20.4 Å². The first-order chi connectivity index (χ1) is 17.8. The first kappa shape index (κ1) is 28.4. The monoisotopic (exact) mass is 696 g/mol. The van der Waals surface area contributed by atoms with Crippen molar-refractivity contribution < 1.29 is 15.3 Å². The van der Waals surface area contributed by atoms with Crippen LogP contribution in [0.4, 0.5) is 0 Å². The van der Waals surface area contributed by atoms with E-state index in [1.54, 1.807) is 18.2 Å². The van der Waals surface area contributed by atoms with Gasteiger partial charge in [0, 0.05) is 82.5 Å². The van der Waals surface area contributed by atoms with Crippen molar-refractivity contribution in [2.75, 3.05) is 39.3 Å². The number of halogens is 3. The largest absolute Gasteiger partial charge is 0.508 e. The van der Waals surface area contributed by atoms with Gasteiger partial charge in [0.15, 0.2) is 0 Å². The lowest BCUT2D eigenvalue weighted by Gasteiger charge is -2.31. The molecule has 10 heteroatoms. The van der Waals surface area contributed by atoms with Gasteiger partial charge in [0.2, 0.25) is 0 Å². The number of hydrogen-bond acceptors (Lipinski definition) is 7. The quantitative estimate of drug-likeness (QED) is 0.174. The van der Waals surface area contributed by atoms with E-state index in [9.17, 15) is 15.3 Å². The SMILES string of the molecule is Oc1ccc(Br)cc1CNCCN1CCN(CCNCc2cc(Br)ccc2O)C1c1cc(Br)ccc1O. The summed E-state index contributed by atoms with van der Waals surface area (Å²) < 4.78 is 2.80. The lowest BCUT2D eigenvalue weighted by molar-refractivity contribution is 0.135. The van der Waals surface area contributed by atoms with E-state index in [0.29, 0.717) is 13.1 Å². The number of phenolic OH excluding ortho intramolecular Hbond substituents is 3. The van der Waals surface area contributed by atoms with E-state index in [1.807, 2.05) is 36.4 Å². The first-order valence-electron chi connectivity index (χ1n) is 12.1. The molecule has 1 heterocycles. The summed E-state index contributed by atoms with van der Waals surface area (Å²) in [6, 6.07) is 16.4. The Hall–Kier alpha value is -1.66. The predicted octanol–water partition coefficient (Wildman–Crippen LogP) is 5.29. The summed E-state index contributed by atoms with van der Waals surface area (Å²) in [5.41, 5.74) is 2.57. The maximum absolute atomic E-state index is 10.7. The van der Waals surface area contributed by atoms with Gasteiger partial charge in [-0.05, 0) is 54.6 Å². The number of rotatable bonds is 11. The van der Waals surface area contributed by atoms with Crippen LogP contribution in [0.15, 0.2) is 68.0 Å². The molecule has 0 atom stereocenters. The van der Waals surface area contributed by atoms with Crippen LogP contribution >= 0.6 is 47.8 Å². The molecule has 1 aliphatic heterocycles. The van der Waals surface area contributed by atoms with Gasteiger partial charge in [-0.2, -0.15) is 0 Å². The van der Waals surface area contributed by atoms with Crippen LogP contribution in [0.5, 0.6) is 17.2 Å². The molecule has 5 N–H and O–H groups in total. The smallest absolute Gasteiger partial charge is 0.121 e. The molecular weight excluding hydrogens is 668 g/mol. The van der Waals surface area contributed by atoms with Crippen molar-refractivity contribution in [3.63, 3.8) is 0 Å². The van der Waals surface area contributed by atoms with Crippen molar-refractivity contribution in [3.8, 4) is 17.2 Å². The number of nitrogens with one attached hydrogen (secondary N) is 2. The summed E-state index contributed by atoms with van der Waals surface area (Å²) in [7, 11) is 0. The summed E-state index contributed by atoms with van der Waals surface area (Å²) in [6.45, 7) is 5.98. The molecule has 37 heavy (non-hydrogen) atoms. The van der Waals surface area contributed by atoms with Crippen molar-refractivity contribution in [3.05, 3.63) is 84.7 Å². The predicted molar refractivity (Wildman–Crippen MR) is 157 cm³/mol. The molecule has 0 radical (unpaired) electrons. The molecule has 1 aliphatic rings. The minimum Gasteiger partial charge on any atom is -0.508 e. The third-order valence-electron chi connectivity index (χ3n) is 6.50. The van der Waals surface area contributed by atoms with Crippen LogP contribution in [0, 0.1) is 0 Å². The average molecular weight is 699 g/mol. The number of aromatic hydroxyl groups is 3. The van der Waals surface area contributed by atoms with Crippen LogP contribution in [-0.4, -0.2) is 64.4 Å². The topological polar surface area (TPSA) is 91.2 Å². The second-order valence-electron chi connectivity index (χ2n) is 9.05. The lowest BCUT2D eigenvalue weighted by Crippen LogP contribution is -2.37. The van der Waals surface area contributed by atoms with Crippen molar-refractivity contribution >= 4 is 47.8 Å². The molecule has 0 aromatic heterocycles. The Bertz CT molecular complexity index is 1150. The molecular formula is C27H31Br3N4O3. The van der Waals surface area contributed by atoms with Gasteiger partial charge in [-0.3, -0.25) is 9.80 Å². The fraction of sp³-hybridized carbons (Fsp3) is 0.333. The van der Waals surface area contributed by atoms with E-state index in [4.69, 9.17) is 0 Å². The highest BCUT2D eigenvalue weighted by atomic mass is 79.9. The minimum absolute atomic E-state index is 0.0559. The van der Waals surface area contributed by atoms with E-state index < -0.39 is 0 Å². The molecule has 7 nitrogen and oxygen atoms in total. The van der Waals surface area contributed by atoms with Gasteiger partial charge in [-0.15, -0.1) is 0 Å². The van der Waals surface area contributed by atoms with Crippen molar-refractivity contribution in [2.45, 2.75) is 19.3 Å². The second kappa shape index (κ2) is 13.4. The van der Waals surface area contributed by atoms with Gasteiger partial charge >= 0.3 is 0 Å². The minimum atomic E-state index is -0.0559. The maximum Gasteiger partial charge on any atom is 0.121 e. The number of hydrogen-bond donors (Lipinski definition) is 5. The van der Waals surface area contributed by atoms with Crippen LogP contribution < -0.4 is 10.6 Å². The molecule has 1 saturated heterocycles. The molecule has 0 saturated carbocycles. The number of phenols is 3. The molecule has 1 fully saturated rings. The van der Waals surface area contributed by atoms with Crippen LogP contribution in [0.25, 0.3) is 0 Å². The highest BCUT2D eigenvalue weighted by molar-refractivity contribution is 9.11. The van der Waals surface area contributed by atoms with Gasteiger partial charge in [-0.1, -0.05) is 47.8 Å². The van der Waals surface area contributed by atoms with Crippen LogP contribution in [0.2, 0.25) is 0 Å². The van der Waals surface area contributed by atoms with E-state index >= 15 is 0 Å². The molecule has 0 aliphatic carbocycles. The van der Waals surface area contributed by atoms with Crippen LogP contribution in [0.3, 0.4) is 0 Å². The number of benzene rings is 3. The highest BCUT2D eigenvalue weighted by Crippen LogP contribution is 2.36. The van der Waals surface area contributed by atoms with Crippen LogP contribution in [0.1, 0.15) is 22.9 Å². The van der Waals surface area contributed by atoms with E-state index in [1.165, 1.54) is 0 Å². The summed E-state index contributed by atoms with van der Waals surface area (Å²) in [6.07, 6.45) is -0.0559. The van der Waals surface area contributed by atoms with Crippen molar-refractivity contribution in [2.24, 2.45) is 0 Å². The van der Waals surface area contributed by atoms with E-state index in [-0.39, 0.29) is 23.4 Å². The van der Waals surface area contributed by atoms with E-state index in [0.717, 1.165) is 69.4 Å². The zero-order valence-corrected chi connectivity index (χ0v) is 25.1. The Kier molecular flexibility index (Phi) is 10.3. The first-order valence-corrected chi connectivity index (χ1v) is 14.5. The van der Waals surface area contributed by atoms with Gasteiger partial charge in [0.25, 0.3) is 0 Å². The number of nitrogens with zero attached hydrogens (tertiary/aromatic N) is 2. The Morgan fingerprint density at radius 1 is 0.649 bits per heavy atom. The summed E-state index contributed by atoms with van der Waals surface area (Å²) in [5, 5.41) is 37.8. The van der Waals surface area contributed by atoms with Gasteiger partial charge in [-0.25, -0.2) is 0 Å². The zero-order valence-electron chi connectivity index (χ0n) is 20.3. The molecule has 4 rings (SSSR count). The summed E-state index contributed by atoms with van der Waals surface area (Å²) >= 11 is 10.5. The third kappa shape index (κ3) is 7.69. The molecule has 3 aromatic rings. The van der Waals surface area contributed by atoms with Crippen LogP contribution in [-0.2, 0) is 13.1 Å². The zero-order chi connectivity index (χ0) is 26.4. The van der Waals surface area contributed by atoms with Gasteiger partial charge < -0.3 is 26.0 Å². The molecule has 0 bridgehead atoms. The molecule has 198 valence electrons. The molecule has 0 spiro atoms. The average Bonchev–Trinajstić information content (AvgIpc) is 3.27. The standard InChI is InChI=1S/C27H31Br3N4O3/c28-20-1-4-24(35)18(13-20)16-31-7-9-33-11-12-34(27(33)23-15-22(30)3-6-26(23)37)10-8-32-17-19-14-21(29)2-5-25(19)36/h1-6,13-15,27,31-32,35-37H,7-12,16-17H2. The second-order valence-corrected chi connectivity index (χ2v) is 11.8. The summed E-state index contributed by atoms with van der Waals surface area (Å²) in [5.74, 6) is 0.844. The summed E-state index contributed by atoms with van der Waals surface area (Å²) in [4.78, 5) is 4.74. The van der Waals surface area contributed by atoms with Gasteiger partial charge in [0.1, 0.15) is 17.2 Å². The Labute approximate surface area is 242 Å². The lowest BCUT2D eigenvalue weighted by atomic mass is 10.1. The van der Waals surface area contributed by atoms with Gasteiger partial charge in [0.05, 0.1) is 6.17 Å². The fourth-order valence-corrected chi connectivity index (χ4v) is 5.80. The normalized spacial score (nSPS) is 15.0. The Morgan fingerprint density at radius 3 is 1.57 bits per heavy atom. The highest BCUT2D eigenvalue weighted by Gasteiger charge is 2.34. The third-order valence-corrected chi connectivity index (χ3v) is 7.98. The van der Waals surface area contributed by atoms with E-state index in [2.05, 4.69) is 68.2 Å². The molecule has 0 amide bonds. The van der Waals surface area contributed by atoms with Crippen molar-refractivity contribution in [1.29, 1.82) is 0 Å². The molecule has 0 unspecified atom stereocenters. The Morgan fingerprint density at radius 2 is 1.08 bits per heavy atom. The molecule has 3 aromatic carbocycles. The Balaban J connectivity index is 1.37. The fourth-order valence-electron chi connectivity index (χ4n) is 4.61. The maximum atomic E-state index is 10.7.